The zero-order valence-corrected chi connectivity index (χ0v) is 19.2. The molecule has 2 aliphatic carbocycles. The van der Waals surface area contributed by atoms with Gasteiger partial charge in [0.1, 0.15) is 0 Å². The van der Waals surface area contributed by atoms with Crippen molar-refractivity contribution in [2.45, 2.75) is 76.4 Å². The molecular formula is C26H39N3O3. The minimum Gasteiger partial charge on any atom is -0.394 e. The minimum atomic E-state index is -0.695. The molecule has 0 bridgehead atoms. The zero-order chi connectivity index (χ0) is 22.1. The van der Waals surface area contributed by atoms with Crippen molar-refractivity contribution >= 4 is 11.0 Å². The van der Waals surface area contributed by atoms with Gasteiger partial charge in [-0.2, -0.15) is 0 Å². The molecule has 6 nitrogen and oxygen atoms in total. The number of rotatable bonds is 6. The molecular weight excluding hydrogens is 402 g/mol. The van der Waals surface area contributed by atoms with Crippen molar-refractivity contribution in [3.8, 4) is 0 Å². The molecule has 1 spiro atoms. The Morgan fingerprint density at radius 1 is 1.09 bits per heavy atom. The lowest BCUT2D eigenvalue weighted by molar-refractivity contribution is 0.0134. The van der Waals surface area contributed by atoms with Crippen molar-refractivity contribution in [2.75, 3.05) is 26.2 Å². The predicted molar refractivity (Wildman–Crippen MR) is 127 cm³/mol. The van der Waals surface area contributed by atoms with Crippen LogP contribution in [0.1, 0.15) is 70.3 Å². The normalized spacial score (nSPS) is 29.6. The molecule has 1 aromatic heterocycles. The Hall–Kier alpha value is -1.63. The average molecular weight is 442 g/mol. The number of likely N-dealkylation sites (tertiary alicyclic amines) is 1. The fourth-order valence-electron chi connectivity index (χ4n) is 7.44. The second kappa shape index (κ2) is 9.32. The van der Waals surface area contributed by atoms with Gasteiger partial charge >= 0.3 is 5.69 Å². The van der Waals surface area contributed by atoms with Crippen LogP contribution in [0.25, 0.3) is 11.0 Å². The summed E-state index contributed by atoms with van der Waals surface area (Å²) in [5.41, 5.74) is 2.46. The highest BCUT2D eigenvalue weighted by Crippen LogP contribution is 2.55. The van der Waals surface area contributed by atoms with Gasteiger partial charge < -0.3 is 20.1 Å². The number of aliphatic hydroxyl groups is 2. The van der Waals surface area contributed by atoms with Crippen LogP contribution in [0.5, 0.6) is 0 Å². The fourth-order valence-corrected chi connectivity index (χ4v) is 7.44. The number of H-pyrrole nitrogens is 1. The Balaban J connectivity index is 1.45. The first kappa shape index (κ1) is 22.2. The fraction of sp³-hybridized carbons (Fsp3) is 0.731. The summed E-state index contributed by atoms with van der Waals surface area (Å²) < 4.78 is 2.03. The molecule has 1 saturated heterocycles. The van der Waals surface area contributed by atoms with Gasteiger partial charge in [0.15, 0.2) is 0 Å². The van der Waals surface area contributed by atoms with Gasteiger partial charge in [0.2, 0.25) is 0 Å². The van der Waals surface area contributed by atoms with Crippen molar-refractivity contribution in [2.24, 2.45) is 17.3 Å². The zero-order valence-electron chi connectivity index (χ0n) is 19.2. The van der Waals surface area contributed by atoms with Crippen molar-refractivity contribution < 1.29 is 10.2 Å². The highest BCUT2D eigenvalue weighted by molar-refractivity contribution is 5.75. The lowest BCUT2D eigenvalue weighted by Crippen LogP contribution is -2.47. The molecule has 0 radical (unpaired) electrons. The number of imidazole rings is 1. The molecule has 2 aromatic rings. The number of hydrogen-bond acceptors (Lipinski definition) is 4. The van der Waals surface area contributed by atoms with Crippen LogP contribution in [-0.2, 0) is 0 Å². The number of aromatic nitrogens is 2. The maximum absolute atomic E-state index is 13.1. The Bertz CT molecular complexity index is 961. The lowest BCUT2D eigenvalue weighted by Gasteiger charge is -2.47. The van der Waals surface area contributed by atoms with Crippen LogP contribution in [0.3, 0.4) is 0 Å². The van der Waals surface area contributed by atoms with Crippen molar-refractivity contribution in [1.82, 2.24) is 14.5 Å². The maximum atomic E-state index is 13.1. The van der Waals surface area contributed by atoms with E-state index in [1.807, 2.05) is 22.8 Å². The number of hydrogen-bond donors (Lipinski definition) is 3. The van der Waals surface area contributed by atoms with Crippen LogP contribution in [0.4, 0.5) is 0 Å². The monoisotopic (exact) mass is 441 g/mol. The van der Waals surface area contributed by atoms with Crippen molar-refractivity contribution in [3.05, 3.63) is 34.7 Å². The molecule has 4 atom stereocenters. The molecule has 2 saturated carbocycles. The van der Waals surface area contributed by atoms with Gasteiger partial charge in [-0.3, -0.25) is 4.57 Å². The lowest BCUT2D eigenvalue weighted by atomic mass is 9.62. The van der Waals surface area contributed by atoms with Gasteiger partial charge in [-0.25, -0.2) is 4.79 Å². The van der Waals surface area contributed by atoms with Crippen molar-refractivity contribution in [3.63, 3.8) is 0 Å². The van der Waals surface area contributed by atoms with Crippen LogP contribution in [0, 0.1) is 17.3 Å². The number of aliphatic hydroxyl groups excluding tert-OH is 2. The van der Waals surface area contributed by atoms with Crippen LogP contribution in [-0.4, -0.2) is 57.0 Å². The number of benzene rings is 1. The molecule has 3 aliphatic rings. The third-order valence-electron chi connectivity index (χ3n) is 8.94. The summed E-state index contributed by atoms with van der Waals surface area (Å²) in [7, 11) is 0. The first-order chi connectivity index (χ1) is 15.6. The number of piperidine rings is 1. The van der Waals surface area contributed by atoms with Gasteiger partial charge in [0.25, 0.3) is 0 Å². The number of aromatic amines is 1. The number of β-amino-alcohol motifs (C(OH)–C–C–N with tert-alkyl or cyclic N) is 1. The number of nitrogens with one attached hydrogen (secondary N) is 1. The quantitative estimate of drug-likeness (QED) is 0.639. The smallest absolute Gasteiger partial charge is 0.326 e. The molecule has 1 aromatic carbocycles. The second-order valence-corrected chi connectivity index (χ2v) is 10.8. The summed E-state index contributed by atoms with van der Waals surface area (Å²) in [6.07, 6.45) is 12.3. The van der Waals surface area contributed by atoms with E-state index in [-0.39, 0.29) is 18.3 Å². The molecule has 1 aliphatic heterocycles. The molecule has 3 N–H and O–H groups in total. The molecule has 32 heavy (non-hydrogen) atoms. The van der Waals surface area contributed by atoms with E-state index in [4.69, 9.17) is 0 Å². The predicted octanol–water partition coefficient (Wildman–Crippen LogP) is 3.69. The van der Waals surface area contributed by atoms with Gasteiger partial charge in [-0.05, 0) is 67.9 Å². The topological polar surface area (TPSA) is 81.5 Å². The van der Waals surface area contributed by atoms with Gasteiger partial charge in [-0.1, -0.05) is 37.8 Å². The molecule has 5 rings (SSSR count). The number of nitrogens with zero attached hydrogens (tertiary/aromatic N) is 2. The largest absolute Gasteiger partial charge is 0.394 e. The first-order valence-corrected chi connectivity index (χ1v) is 12.8. The Kier molecular flexibility index (Phi) is 6.46. The number of fused-ring (bicyclic) bond motifs is 1. The molecule has 2 heterocycles. The average Bonchev–Trinajstić information content (AvgIpc) is 3.40. The summed E-state index contributed by atoms with van der Waals surface area (Å²) >= 11 is 0. The van der Waals surface area contributed by atoms with E-state index in [0.29, 0.717) is 17.9 Å². The van der Waals surface area contributed by atoms with E-state index < -0.39 is 6.10 Å². The summed E-state index contributed by atoms with van der Waals surface area (Å²) in [6.45, 7) is 2.05. The maximum Gasteiger partial charge on any atom is 0.326 e. The minimum absolute atomic E-state index is 0.00395. The number of para-hydroxylation sites is 2. The Morgan fingerprint density at radius 2 is 1.84 bits per heavy atom. The van der Waals surface area contributed by atoms with Crippen LogP contribution >= 0.6 is 0 Å². The van der Waals surface area contributed by atoms with E-state index in [9.17, 15) is 15.0 Å². The SMILES string of the molecule is O=c1[nH]c2ccccc2n1C1CCN(CC(O)CO)CC1CC1CCCCC12CCCC2. The molecule has 6 heteroatoms. The third-order valence-corrected chi connectivity index (χ3v) is 8.94. The van der Waals surface area contributed by atoms with Crippen LogP contribution < -0.4 is 5.69 Å². The Labute approximate surface area is 190 Å². The summed E-state index contributed by atoms with van der Waals surface area (Å²) in [5.74, 6) is 1.13. The molecule has 176 valence electrons. The van der Waals surface area contributed by atoms with Gasteiger partial charge in [0, 0.05) is 25.7 Å². The molecule has 4 unspecified atom stereocenters. The van der Waals surface area contributed by atoms with E-state index in [1.165, 1.54) is 57.8 Å². The third kappa shape index (κ3) is 4.17. The second-order valence-electron chi connectivity index (χ2n) is 10.8. The first-order valence-electron chi connectivity index (χ1n) is 12.8. The van der Waals surface area contributed by atoms with E-state index >= 15 is 0 Å². The van der Waals surface area contributed by atoms with Crippen LogP contribution in [0.15, 0.2) is 29.1 Å². The van der Waals surface area contributed by atoms with Gasteiger partial charge in [-0.15, -0.1) is 0 Å². The standard InChI is InChI=1S/C26H39N3O3/c30-18-21(31)17-28-14-10-23(29-24-9-2-1-8-22(24)27-25(29)32)19(16-28)15-20-7-3-4-11-26(20)12-5-6-13-26/h1-2,8-9,19-21,23,30-31H,3-7,10-18H2,(H,27,32). The molecule has 0 amide bonds. The molecule has 3 fully saturated rings. The van der Waals surface area contributed by atoms with Crippen LogP contribution in [0.2, 0.25) is 0 Å². The van der Waals surface area contributed by atoms with E-state index in [0.717, 1.165) is 36.5 Å². The summed E-state index contributed by atoms with van der Waals surface area (Å²) in [5, 5.41) is 19.4. The summed E-state index contributed by atoms with van der Waals surface area (Å²) in [4.78, 5) is 18.4. The van der Waals surface area contributed by atoms with E-state index in [2.05, 4.69) is 16.0 Å². The Morgan fingerprint density at radius 3 is 2.62 bits per heavy atom. The van der Waals surface area contributed by atoms with Gasteiger partial charge in [0.05, 0.1) is 23.7 Å². The highest BCUT2D eigenvalue weighted by atomic mass is 16.3. The highest BCUT2D eigenvalue weighted by Gasteiger charge is 2.45. The van der Waals surface area contributed by atoms with E-state index in [1.54, 1.807) is 0 Å². The summed E-state index contributed by atoms with van der Waals surface area (Å²) in [6, 6.07) is 8.23. The van der Waals surface area contributed by atoms with Crippen molar-refractivity contribution in [1.29, 1.82) is 0 Å².